The highest BCUT2D eigenvalue weighted by Crippen LogP contribution is 2.21. The first-order chi connectivity index (χ1) is 12.2. The van der Waals surface area contributed by atoms with Crippen molar-refractivity contribution in [3.8, 4) is 5.75 Å². The Kier molecular flexibility index (Phi) is 8.64. The molecule has 0 bridgehead atoms. The maximum Gasteiger partial charge on any atom is 0.401 e. The summed E-state index contributed by atoms with van der Waals surface area (Å²) in [4.78, 5) is 5.43. The lowest BCUT2D eigenvalue weighted by molar-refractivity contribution is -0.142. The summed E-state index contributed by atoms with van der Waals surface area (Å²) in [6.45, 7) is 3.70. The third-order valence-corrected chi connectivity index (χ3v) is 3.57. The van der Waals surface area contributed by atoms with Crippen LogP contribution in [0, 0.1) is 5.82 Å². The smallest absolute Gasteiger partial charge is 0.401 e. The molecule has 1 aromatic rings. The van der Waals surface area contributed by atoms with E-state index in [0.29, 0.717) is 18.1 Å². The van der Waals surface area contributed by atoms with E-state index in [9.17, 15) is 17.6 Å². The molecule has 1 aromatic carbocycles. The van der Waals surface area contributed by atoms with E-state index in [2.05, 4.69) is 15.6 Å². The fraction of sp³-hybridized carbons (Fsp3) is 0.588. The Hall–Kier alpha value is -2.03. The second kappa shape index (κ2) is 10.2. The van der Waals surface area contributed by atoms with Crippen molar-refractivity contribution < 1.29 is 22.3 Å². The number of hydrogen-bond donors (Lipinski definition) is 2. The fourth-order valence-corrected chi connectivity index (χ4v) is 2.28. The zero-order valence-corrected chi connectivity index (χ0v) is 15.5. The maximum absolute atomic E-state index is 13.8. The zero-order chi connectivity index (χ0) is 19.7. The highest BCUT2D eigenvalue weighted by atomic mass is 19.4. The number of guanidine groups is 1. The molecule has 0 aliphatic heterocycles. The van der Waals surface area contributed by atoms with Gasteiger partial charge in [-0.15, -0.1) is 0 Å². The molecule has 1 rings (SSSR count). The minimum Gasteiger partial charge on any atom is -0.494 e. The molecule has 0 fully saturated rings. The molecule has 0 heterocycles. The Bertz CT molecular complexity index is 593. The van der Waals surface area contributed by atoms with Crippen molar-refractivity contribution in [2.75, 3.05) is 40.3 Å². The number of aliphatic imine (C=N–C) groups is 1. The summed E-state index contributed by atoms with van der Waals surface area (Å²) in [5, 5.41) is 6.13. The predicted molar refractivity (Wildman–Crippen MR) is 94.0 cm³/mol. The van der Waals surface area contributed by atoms with Crippen molar-refractivity contribution in [3.05, 3.63) is 29.6 Å². The molecule has 0 aromatic heterocycles. The Balaban J connectivity index is 2.67. The molecule has 148 valence electrons. The van der Waals surface area contributed by atoms with Gasteiger partial charge in [-0.3, -0.25) is 9.89 Å². The third-order valence-electron chi connectivity index (χ3n) is 3.57. The van der Waals surface area contributed by atoms with Crippen LogP contribution in [0.2, 0.25) is 0 Å². The van der Waals surface area contributed by atoms with Gasteiger partial charge < -0.3 is 15.4 Å². The van der Waals surface area contributed by atoms with E-state index in [-0.39, 0.29) is 24.9 Å². The van der Waals surface area contributed by atoms with Crippen molar-refractivity contribution in [1.82, 2.24) is 15.5 Å². The highest BCUT2D eigenvalue weighted by molar-refractivity contribution is 5.80. The van der Waals surface area contributed by atoms with Gasteiger partial charge in [0, 0.05) is 13.1 Å². The van der Waals surface area contributed by atoms with Gasteiger partial charge in [0.25, 0.3) is 0 Å². The number of benzene rings is 1. The molecule has 0 radical (unpaired) electrons. The van der Waals surface area contributed by atoms with Gasteiger partial charge in [-0.2, -0.15) is 13.2 Å². The number of nitrogens with zero attached hydrogens (tertiary/aromatic N) is 2. The van der Waals surface area contributed by atoms with Gasteiger partial charge in [0.15, 0.2) is 17.5 Å². The summed E-state index contributed by atoms with van der Waals surface area (Å²) in [5.74, 6) is 0.153. The lowest BCUT2D eigenvalue weighted by Gasteiger charge is -2.20. The Morgan fingerprint density at radius 1 is 1.35 bits per heavy atom. The van der Waals surface area contributed by atoms with Crippen LogP contribution in [0.5, 0.6) is 5.75 Å². The molecule has 0 spiro atoms. The quantitative estimate of drug-likeness (QED) is 0.415. The number of ether oxygens (including phenoxy) is 1. The topological polar surface area (TPSA) is 48.9 Å². The van der Waals surface area contributed by atoms with Crippen LogP contribution >= 0.6 is 0 Å². The number of rotatable bonds is 8. The number of alkyl halides is 3. The Morgan fingerprint density at radius 3 is 2.58 bits per heavy atom. The molecule has 1 atom stereocenters. The van der Waals surface area contributed by atoms with Crippen molar-refractivity contribution in [3.63, 3.8) is 0 Å². The lowest BCUT2D eigenvalue weighted by atomic mass is 10.1. The largest absolute Gasteiger partial charge is 0.494 e. The maximum atomic E-state index is 13.8. The minimum atomic E-state index is -4.23. The predicted octanol–water partition coefficient (Wildman–Crippen LogP) is 2.94. The fourth-order valence-electron chi connectivity index (χ4n) is 2.28. The van der Waals surface area contributed by atoms with Crippen molar-refractivity contribution in [2.24, 2.45) is 4.99 Å². The molecule has 0 aliphatic rings. The molecule has 1 unspecified atom stereocenters. The summed E-state index contributed by atoms with van der Waals surface area (Å²) in [6, 6.07) is 4.40. The number of likely N-dealkylation sites (N-methyl/N-ethyl adjacent to an activating group) is 1. The van der Waals surface area contributed by atoms with Gasteiger partial charge in [-0.1, -0.05) is 6.07 Å². The number of nitrogens with one attached hydrogen (secondary N) is 2. The van der Waals surface area contributed by atoms with Crippen LogP contribution in [0.15, 0.2) is 23.2 Å². The first-order valence-electron chi connectivity index (χ1n) is 8.29. The van der Waals surface area contributed by atoms with Gasteiger partial charge in [0.2, 0.25) is 0 Å². The van der Waals surface area contributed by atoms with Gasteiger partial charge in [-0.25, -0.2) is 4.39 Å². The van der Waals surface area contributed by atoms with Gasteiger partial charge >= 0.3 is 6.18 Å². The summed E-state index contributed by atoms with van der Waals surface area (Å²) >= 11 is 0. The SMILES string of the molecule is CCNC(=NCCN(C)CC(F)(F)F)NC(C)c1ccc(OC)c(F)c1. The molecule has 0 saturated heterocycles. The molecule has 26 heavy (non-hydrogen) atoms. The van der Waals surface area contributed by atoms with Crippen LogP contribution in [0.25, 0.3) is 0 Å². The summed E-state index contributed by atoms with van der Waals surface area (Å²) < 4.78 is 55.7. The van der Waals surface area contributed by atoms with Gasteiger partial charge in [0.1, 0.15) is 0 Å². The van der Waals surface area contributed by atoms with Crippen LogP contribution in [0.1, 0.15) is 25.5 Å². The molecule has 5 nitrogen and oxygen atoms in total. The molecule has 2 N–H and O–H groups in total. The number of methoxy groups -OCH3 is 1. The van der Waals surface area contributed by atoms with E-state index < -0.39 is 18.5 Å². The van der Waals surface area contributed by atoms with Crippen LogP contribution in [0.3, 0.4) is 0 Å². The van der Waals surface area contributed by atoms with Crippen LogP contribution in [-0.4, -0.2) is 57.4 Å². The second-order valence-electron chi connectivity index (χ2n) is 5.87. The summed E-state index contributed by atoms with van der Waals surface area (Å²) in [6.07, 6.45) is -4.23. The number of hydrogen-bond acceptors (Lipinski definition) is 3. The first kappa shape index (κ1) is 22.0. The molecular formula is C17H26F4N4O. The standard InChI is InChI=1S/C17H26F4N4O/c1-5-22-16(23-8-9-25(3)11-17(19,20)21)24-12(2)13-6-7-15(26-4)14(18)10-13/h6-7,10,12H,5,8-9,11H2,1-4H3,(H2,22,23,24). The normalized spacial score (nSPS) is 13.7. The van der Waals surface area contributed by atoms with Crippen molar-refractivity contribution in [1.29, 1.82) is 0 Å². The van der Waals surface area contributed by atoms with Gasteiger partial charge in [0.05, 0.1) is 26.2 Å². The van der Waals surface area contributed by atoms with Crippen molar-refractivity contribution >= 4 is 5.96 Å². The molecule has 9 heteroatoms. The van der Waals surface area contributed by atoms with E-state index >= 15 is 0 Å². The lowest BCUT2D eigenvalue weighted by Crippen LogP contribution is -2.39. The first-order valence-corrected chi connectivity index (χ1v) is 8.29. The third kappa shape index (κ3) is 7.90. The van der Waals surface area contributed by atoms with E-state index in [1.54, 1.807) is 12.1 Å². The van der Waals surface area contributed by atoms with E-state index in [1.807, 2.05) is 13.8 Å². The Morgan fingerprint density at radius 2 is 2.04 bits per heavy atom. The molecule has 0 saturated carbocycles. The van der Waals surface area contributed by atoms with Crippen molar-refractivity contribution in [2.45, 2.75) is 26.1 Å². The number of halogens is 4. The molecular weight excluding hydrogens is 352 g/mol. The molecule has 0 amide bonds. The van der Waals surface area contributed by atoms with Gasteiger partial charge in [-0.05, 0) is 38.6 Å². The van der Waals surface area contributed by atoms with Crippen LogP contribution in [-0.2, 0) is 0 Å². The average Bonchev–Trinajstić information content (AvgIpc) is 2.53. The molecule has 0 aliphatic carbocycles. The van der Waals surface area contributed by atoms with Crippen LogP contribution < -0.4 is 15.4 Å². The Labute approximate surface area is 151 Å². The van der Waals surface area contributed by atoms with E-state index in [1.165, 1.54) is 20.2 Å². The zero-order valence-electron chi connectivity index (χ0n) is 15.5. The highest BCUT2D eigenvalue weighted by Gasteiger charge is 2.28. The minimum absolute atomic E-state index is 0.161. The van der Waals surface area contributed by atoms with E-state index in [4.69, 9.17) is 4.74 Å². The van der Waals surface area contributed by atoms with Crippen LogP contribution in [0.4, 0.5) is 17.6 Å². The second-order valence-corrected chi connectivity index (χ2v) is 5.87. The summed E-state index contributed by atoms with van der Waals surface area (Å²) in [5.41, 5.74) is 0.697. The summed E-state index contributed by atoms with van der Waals surface area (Å²) in [7, 11) is 2.79. The van der Waals surface area contributed by atoms with E-state index in [0.717, 1.165) is 4.90 Å². The monoisotopic (exact) mass is 378 g/mol. The average molecular weight is 378 g/mol.